The van der Waals surface area contributed by atoms with Crippen molar-refractivity contribution in [1.82, 2.24) is 0 Å². The molecule has 134 valence electrons. The summed E-state index contributed by atoms with van der Waals surface area (Å²) in [6, 6.07) is 3.38. The van der Waals surface area contributed by atoms with Gasteiger partial charge in [0.25, 0.3) is 0 Å². The molecule has 0 spiro atoms. The standard InChI is InChI=1S/C13H9F4N2O3S.Pt/c1-6-9(14)3-2-7-4-10(19)8(5-18)12(11(6)7)22-23(20,21)13(15,16)17;/h2-5,18-19H,1H3;/q-1;. The molecule has 0 saturated carbocycles. The van der Waals surface area contributed by atoms with E-state index in [0.717, 1.165) is 6.07 Å². The molecular weight excluding hydrogens is 535 g/mol. The van der Waals surface area contributed by atoms with Gasteiger partial charge in [0.1, 0.15) is 5.82 Å². The van der Waals surface area contributed by atoms with Gasteiger partial charge in [-0.1, -0.05) is 12.1 Å². The summed E-state index contributed by atoms with van der Waals surface area (Å²) in [4.78, 5) is 0. The van der Waals surface area contributed by atoms with Crippen LogP contribution in [0.3, 0.4) is 0 Å². The molecule has 0 aliphatic carbocycles. The first-order valence-corrected chi connectivity index (χ1v) is 7.39. The van der Waals surface area contributed by atoms with Gasteiger partial charge in [0.2, 0.25) is 0 Å². The Labute approximate surface area is 148 Å². The minimum atomic E-state index is -6.03. The maximum Gasteiger partial charge on any atom is 0.534 e. The van der Waals surface area contributed by atoms with E-state index in [2.05, 4.69) is 4.18 Å². The Morgan fingerprint density at radius 1 is 1.29 bits per heavy atom. The van der Waals surface area contributed by atoms with Crippen molar-refractivity contribution in [3.8, 4) is 5.75 Å². The molecule has 0 unspecified atom stereocenters. The maximum atomic E-state index is 13.7. The summed E-state index contributed by atoms with van der Waals surface area (Å²) < 4.78 is 78.0. The first kappa shape index (κ1) is 20.4. The molecule has 0 radical (unpaired) electrons. The topological polar surface area (TPSA) is 91.0 Å². The van der Waals surface area contributed by atoms with E-state index in [1.807, 2.05) is 0 Å². The van der Waals surface area contributed by atoms with Crippen LogP contribution in [0, 0.1) is 18.2 Å². The Balaban J connectivity index is 0.00000288. The van der Waals surface area contributed by atoms with Crippen LogP contribution in [-0.2, 0) is 31.2 Å². The van der Waals surface area contributed by atoms with Crippen LogP contribution in [0.5, 0.6) is 5.75 Å². The van der Waals surface area contributed by atoms with E-state index in [1.165, 1.54) is 19.1 Å². The molecule has 2 N–H and O–H groups in total. The van der Waals surface area contributed by atoms with Gasteiger partial charge in [0, 0.05) is 38.2 Å². The van der Waals surface area contributed by atoms with Gasteiger partial charge >= 0.3 is 15.6 Å². The molecule has 2 aromatic carbocycles. The summed E-state index contributed by atoms with van der Waals surface area (Å²) in [6.45, 7) is 1.22. The number of hydrogen-bond acceptors (Lipinski definition) is 4. The van der Waals surface area contributed by atoms with Crippen molar-refractivity contribution >= 4 is 32.8 Å². The van der Waals surface area contributed by atoms with Crippen molar-refractivity contribution in [2.75, 3.05) is 0 Å². The first-order chi connectivity index (χ1) is 10.5. The molecule has 0 saturated heterocycles. The number of aryl methyl sites for hydroxylation is 1. The Bertz CT molecular complexity index is 914. The SMILES string of the molecule is Cc1c(F)ccc2cc([NH-])c(C=N)c(OS(=O)(=O)C(F)(F)F)c12.[Pt]. The summed E-state index contributed by atoms with van der Waals surface area (Å²) in [5.41, 5.74) is 0.903. The van der Waals surface area contributed by atoms with Crippen LogP contribution in [-0.4, -0.2) is 20.1 Å². The monoisotopic (exact) mass is 544 g/mol. The largest absolute Gasteiger partial charge is 0.698 e. The van der Waals surface area contributed by atoms with E-state index in [0.29, 0.717) is 6.21 Å². The van der Waals surface area contributed by atoms with Crippen LogP contribution in [0.15, 0.2) is 18.2 Å². The number of rotatable bonds is 3. The molecule has 0 amide bonds. The summed E-state index contributed by atoms with van der Waals surface area (Å²) in [7, 11) is -6.03. The van der Waals surface area contributed by atoms with Gasteiger partial charge in [-0.3, -0.25) is 0 Å². The van der Waals surface area contributed by atoms with Crippen LogP contribution in [0.25, 0.3) is 16.5 Å². The predicted octanol–water partition coefficient (Wildman–Crippen LogP) is 4.19. The van der Waals surface area contributed by atoms with Crippen molar-refractivity contribution in [2.24, 2.45) is 0 Å². The van der Waals surface area contributed by atoms with Crippen molar-refractivity contribution in [1.29, 1.82) is 5.41 Å². The molecule has 11 heteroatoms. The molecule has 2 rings (SSSR count). The Morgan fingerprint density at radius 2 is 1.88 bits per heavy atom. The van der Waals surface area contributed by atoms with Crippen molar-refractivity contribution in [2.45, 2.75) is 12.4 Å². The number of alkyl halides is 3. The third-order valence-corrected chi connectivity index (χ3v) is 4.07. The second-order valence-electron chi connectivity index (χ2n) is 4.56. The van der Waals surface area contributed by atoms with Gasteiger partial charge in [0.05, 0.1) is 0 Å². The van der Waals surface area contributed by atoms with Gasteiger partial charge in [-0.25, -0.2) is 4.39 Å². The van der Waals surface area contributed by atoms with Crippen molar-refractivity contribution < 1.29 is 51.2 Å². The van der Waals surface area contributed by atoms with Crippen LogP contribution in [0.2, 0.25) is 0 Å². The van der Waals surface area contributed by atoms with Crippen LogP contribution in [0.1, 0.15) is 11.1 Å². The number of hydrogen-bond donors (Lipinski definition) is 1. The molecule has 0 atom stereocenters. The fourth-order valence-corrected chi connectivity index (χ4v) is 2.49. The average molecular weight is 544 g/mol. The fraction of sp³-hybridized carbons (Fsp3) is 0.154. The van der Waals surface area contributed by atoms with E-state index < -0.39 is 38.4 Å². The summed E-state index contributed by atoms with van der Waals surface area (Å²) in [5, 5.41) is 7.07. The molecular formula is C13H9F4N2O3PtS-. The summed E-state index contributed by atoms with van der Waals surface area (Å²) in [5.74, 6) is -1.68. The number of fused-ring (bicyclic) bond motifs is 1. The van der Waals surface area contributed by atoms with Gasteiger partial charge in [-0.05, 0) is 23.9 Å². The van der Waals surface area contributed by atoms with Crippen molar-refractivity contribution in [3.63, 3.8) is 0 Å². The second-order valence-corrected chi connectivity index (χ2v) is 6.10. The van der Waals surface area contributed by atoms with Crippen LogP contribution in [0.4, 0.5) is 23.2 Å². The molecule has 0 heterocycles. The molecule has 0 aliphatic heterocycles. The third-order valence-electron chi connectivity index (χ3n) is 3.11. The summed E-state index contributed by atoms with van der Waals surface area (Å²) in [6.07, 6.45) is 0.480. The van der Waals surface area contributed by atoms with E-state index >= 15 is 0 Å². The van der Waals surface area contributed by atoms with Crippen molar-refractivity contribution in [3.05, 3.63) is 40.9 Å². The molecule has 0 aromatic heterocycles. The normalized spacial score (nSPS) is 11.9. The maximum absolute atomic E-state index is 13.7. The van der Waals surface area contributed by atoms with Gasteiger partial charge in [0.15, 0.2) is 5.75 Å². The Morgan fingerprint density at radius 3 is 2.38 bits per heavy atom. The molecule has 2 aromatic rings. The number of benzene rings is 2. The summed E-state index contributed by atoms with van der Waals surface area (Å²) >= 11 is 0. The van der Waals surface area contributed by atoms with Crippen LogP contribution >= 0.6 is 0 Å². The molecule has 24 heavy (non-hydrogen) atoms. The van der Waals surface area contributed by atoms with E-state index in [9.17, 15) is 26.0 Å². The first-order valence-electron chi connectivity index (χ1n) is 5.98. The third kappa shape index (κ3) is 3.39. The van der Waals surface area contributed by atoms with E-state index in [-0.39, 0.29) is 37.4 Å². The quantitative estimate of drug-likeness (QED) is 0.272. The Kier molecular flexibility index (Phi) is 5.67. The van der Waals surface area contributed by atoms with Gasteiger partial charge in [-0.15, -0.1) is 5.69 Å². The second kappa shape index (κ2) is 6.68. The number of halogens is 4. The molecule has 0 bridgehead atoms. The predicted molar refractivity (Wildman–Crippen MR) is 76.1 cm³/mol. The minimum absolute atomic E-state index is 0. The number of nitrogens with one attached hydrogen (secondary N) is 2. The zero-order valence-electron chi connectivity index (χ0n) is 11.8. The van der Waals surface area contributed by atoms with Gasteiger partial charge < -0.3 is 15.3 Å². The minimum Gasteiger partial charge on any atom is -0.698 e. The van der Waals surface area contributed by atoms with Gasteiger partial charge in [-0.2, -0.15) is 21.6 Å². The zero-order chi connectivity index (χ0) is 17.6. The molecule has 0 aliphatic rings. The van der Waals surface area contributed by atoms with E-state index in [1.54, 1.807) is 0 Å². The van der Waals surface area contributed by atoms with Crippen LogP contribution < -0.4 is 4.18 Å². The zero-order valence-corrected chi connectivity index (χ0v) is 14.9. The smallest absolute Gasteiger partial charge is 0.534 e. The average Bonchev–Trinajstić information content (AvgIpc) is 2.41. The Hall–Kier alpha value is -1.67. The van der Waals surface area contributed by atoms with E-state index in [4.69, 9.17) is 11.1 Å². The molecule has 5 nitrogen and oxygen atoms in total. The molecule has 0 fully saturated rings. The fourth-order valence-electron chi connectivity index (χ4n) is 2.01.